The Kier molecular flexibility index (Phi) is 4.33. The van der Waals surface area contributed by atoms with Crippen molar-refractivity contribution in [3.63, 3.8) is 0 Å². The largest absolute Gasteiger partial charge is 0.387 e. The van der Waals surface area contributed by atoms with Gasteiger partial charge >= 0.3 is 0 Å². The molecule has 1 saturated heterocycles. The normalized spacial score (nSPS) is 24.8. The van der Waals surface area contributed by atoms with E-state index in [1.165, 1.54) is 0 Å². The minimum absolute atomic E-state index is 0.0213. The van der Waals surface area contributed by atoms with Crippen molar-refractivity contribution in [2.24, 2.45) is 5.92 Å². The van der Waals surface area contributed by atoms with Gasteiger partial charge in [0.2, 0.25) is 5.91 Å². The van der Waals surface area contributed by atoms with Crippen LogP contribution in [0.15, 0.2) is 30.3 Å². The van der Waals surface area contributed by atoms with Crippen molar-refractivity contribution in [3.8, 4) is 0 Å². The Labute approximate surface area is 107 Å². The Morgan fingerprint density at radius 1 is 1.50 bits per heavy atom. The van der Waals surface area contributed by atoms with Gasteiger partial charge in [-0.05, 0) is 25.5 Å². The SMILES string of the molecule is CC1NCCC1C(=O)NCC(O)c1ccccc1. The Balaban J connectivity index is 1.83. The lowest BCUT2D eigenvalue weighted by atomic mass is 10.0. The molecule has 2 rings (SSSR count). The highest BCUT2D eigenvalue weighted by molar-refractivity contribution is 5.79. The van der Waals surface area contributed by atoms with Crippen LogP contribution >= 0.6 is 0 Å². The third-order valence-corrected chi connectivity index (χ3v) is 3.52. The molecule has 1 heterocycles. The molecule has 1 aromatic rings. The summed E-state index contributed by atoms with van der Waals surface area (Å²) in [6, 6.07) is 9.60. The summed E-state index contributed by atoms with van der Waals surface area (Å²) in [6.07, 6.45) is 0.230. The predicted octanol–water partition coefficient (Wildman–Crippen LogP) is 0.834. The molecule has 98 valence electrons. The molecule has 4 heteroatoms. The summed E-state index contributed by atoms with van der Waals surface area (Å²) in [7, 11) is 0. The number of aliphatic hydroxyl groups excluding tert-OH is 1. The number of carbonyl (C=O) groups is 1. The number of amides is 1. The van der Waals surface area contributed by atoms with Crippen molar-refractivity contribution < 1.29 is 9.90 Å². The molecule has 0 spiro atoms. The molecule has 4 nitrogen and oxygen atoms in total. The van der Waals surface area contributed by atoms with E-state index >= 15 is 0 Å². The highest BCUT2D eigenvalue weighted by Crippen LogP contribution is 2.16. The van der Waals surface area contributed by atoms with Crippen LogP contribution in [0.5, 0.6) is 0 Å². The molecule has 3 N–H and O–H groups in total. The molecule has 1 aliphatic rings. The fourth-order valence-electron chi connectivity index (χ4n) is 2.34. The van der Waals surface area contributed by atoms with Crippen molar-refractivity contribution in [1.82, 2.24) is 10.6 Å². The lowest BCUT2D eigenvalue weighted by Crippen LogP contribution is -2.38. The first-order chi connectivity index (χ1) is 8.68. The molecule has 3 atom stereocenters. The maximum absolute atomic E-state index is 11.9. The van der Waals surface area contributed by atoms with Gasteiger partial charge in [-0.2, -0.15) is 0 Å². The summed E-state index contributed by atoms with van der Waals surface area (Å²) in [5.41, 5.74) is 0.829. The number of hydrogen-bond donors (Lipinski definition) is 3. The lowest BCUT2D eigenvalue weighted by molar-refractivity contribution is -0.125. The second-order valence-corrected chi connectivity index (χ2v) is 4.81. The van der Waals surface area contributed by atoms with E-state index in [1.54, 1.807) is 0 Å². The second kappa shape index (κ2) is 5.98. The van der Waals surface area contributed by atoms with E-state index in [2.05, 4.69) is 10.6 Å². The lowest BCUT2D eigenvalue weighted by Gasteiger charge is -2.17. The third kappa shape index (κ3) is 3.09. The second-order valence-electron chi connectivity index (χ2n) is 4.81. The zero-order chi connectivity index (χ0) is 13.0. The van der Waals surface area contributed by atoms with Crippen LogP contribution in [-0.2, 0) is 4.79 Å². The van der Waals surface area contributed by atoms with Crippen LogP contribution in [0, 0.1) is 5.92 Å². The molecule has 0 aliphatic carbocycles. The molecular weight excluding hydrogens is 228 g/mol. The maximum Gasteiger partial charge on any atom is 0.224 e. The molecule has 1 aromatic carbocycles. The van der Waals surface area contributed by atoms with Crippen LogP contribution in [0.25, 0.3) is 0 Å². The van der Waals surface area contributed by atoms with Gasteiger partial charge in [-0.3, -0.25) is 4.79 Å². The first-order valence-corrected chi connectivity index (χ1v) is 6.42. The quantitative estimate of drug-likeness (QED) is 0.740. The van der Waals surface area contributed by atoms with E-state index in [4.69, 9.17) is 0 Å². The highest BCUT2D eigenvalue weighted by atomic mass is 16.3. The number of hydrogen-bond acceptors (Lipinski definition) is 3. The standard InChI is InChI=1S/C14H20N2O2/c1-10-12(7-8-15-10)14(18)16-9-13(17)11-5-3-2-4-6-11/h2-6,10,12-13,15,17H,7-9H2,1H3,(H,16,18). The summed E-state index contributed by atoms with van der Waals surface area (Å²) in [4.78, 5) is 11.9. The number of benzene rings is 1. The zero-order valence-electron chi connectivity index (χ0n) is 10.6. The number of aliphatic hydroxyl groups is 1. The van der Waals surface area contributed by atoms with Crippen LogP contribution in [0.2, 0.25) is 0 Å². The van der Waals surface area contributed by atoms with Gasteiger partial charge in [0.1, 0.15) is 0 Å². The average molecular weight is 248 g/mol. The summed E-state index contributed by atoms with van der Waals surface area (Å²) in [5, 5.41) is 16.0. The summed E-state index contributed by atoms with van der Waals surface area (Å²) in [5.74, 6) is 0.0513. The molecule has 1 fully saturated rings. The fraction of sp³-hybridized carbons (Fsp3) is 0.500. The van der Waals surface area contributed by atoms with Crippen LogP contribution in [-0.4, -0.2) is 30.1 Å². The number of carbonyl (C=O) groups excluding carboxylic acids is 1. The fourth-order valence-corrected chi connectivity index (χ4v) is 2.34. The highest BCUT2D eigenvalue weighted by Gasteiger charge is 2.29. The van der Waals surface area contributed by atoms with Crippen LogP contribution in [0.1, 0.15) is 25.0 Å². The van der Waals surface area contributed by atoms with Gasteiger partial charge in [-0.15, -0.1) is 0 Å². The Morgan fingerprint density at radius 2 is 2.22 bits per heavy atom. The molecular formula is C14H20N2O2. The molecule has 18 heavy (non-hydrogen) atoms. The van der Waals surface area contributed by atoms with E-state index in [1.807, 2.05) is 37.3 Å². The third-order valence-electron chi connectivity index (χ3n) is 3.52. The van der Waals surface area contributed by atoms with Gasteiger partial charge in [-0.25, -0.2) is 0 Å². The average Bonchev–Trinajstić information content (AvgIpc) is 2.83. The minimum Gasteiger partial charge on any atom is -0.387 e. The van der Waals surface area contributed by atoms with Gasteiger partial charge in [-0.1, -0.05) is 30.3 Å². The number of rotatable bonds is 4. The molecule has 0 radical (unpaired) electrons. The van der Waals surface area contributed by atoms with Crippen molar-refractivity contribution in [1.29, 1.82) is 0 Å². The Bertz CT molecular complexity index is 394. The molecule has 0 aromatic heterocycles. The molecule has 0 saturated carbocycles. The van der Waals surface area contributed by atoms with E-state index in [9.17, 15) is 9.90 Å². The Morgan fingerprint density at radius 3 is 2.83 bits per heavy atom. The van der Waals surface area contributed by atoms with Gasteiger partial charge < -0.3 is 15.7 Å². The first-order valence-electron chi connectivity index (χ1n) is 6.42. The molecule has 3 unspecified atom stereocenters. The molecule has 1 amide bonds. The van der Waals surface area contributed by atoms with E-state index in [0.717, 1.165) is 18.5 Å². The topological polar surface area (TPSA) is 61.4 Å². The van der Waals surface area contributed by atoms with Crippen LogP contribution in [0.4, 0.5) is 0 Å². The predicted molar refractivity (Wildman–Crippen MR) is 70.0 cm³/mol. The molecule has 0 bridgehead atoms. The van der Waals surface area contributed by atoms with Crippen LogP contribution in [0.3, 0.4) is 0 Å². The van der Waals surface area contributed by atoms with E-state index in [0.29, 0.717) is 0 Å². The molecule has 1 aliphatic heterocycles. The van der Waals surface area contributed by atoms with E-state index < -0.39 is 6.10 Å². The minimum atomic E-state index is -0.639. The van der Waals surface area contributed by atoms with Crippen molar-refractivity contribution in [3.05, 3.63) is 35.9 Å². The monoisotopic (exact) mass is 248 g/mol. The van der Waals surface area contributed by atoms with Crippen molar-refractivity contribution in [2.45, 2.75) is 25.5 Å². The van der Waals surface area contributed by atoms with Gasteiger partial charge in [0, 0.05) is 12.6 Å². The van der Waals surface area contributed by atoms with Gasteiger partial charge in [0.05, 0.1) is 12.0 Å². The van der Waals surface area contributed by atoms with Gasteiger partial charge in [0.25, 0.3) is 0 Å². The maximum atomic E-state index is 11.9. The van der Waals surface area contributed by atoms with Gasteiger partial charge in [0.15, 0.2) is 0 Å². The summed E-state index contributed by atoms with van der Waals surface area (Å²) in [6.45, 7) is 3.18. The van der Waals surface area contributed by atoms with Crippen molar-refractivity contribution >= 4 is 5.91 Å². The van der Waals surface area contributed by atoms with E-state index in [-0.39, 0.29) is 24.4 Å². The number of nitrogens with one attached hydrogen (secondary N) is 2. The summed E-state index contributed by atoms with van der Waals surface area (Å²) >= 11 is 0. The van der Waals surface area contributed by atoms with Crippen molar-refractivity contribution in [2.75, 3.05) is 13.1 Å². The Hall–Kier alpha value is -1.39. The summed E-state index contributed by atoms with van der Waals surface area (Å²) < 4.78 is 0. The van der Waals surface area contributed by atoms with Crippen LogP contribution < -0.4 is 10.6 Å². The zero-order valence-corrected chi connectivity index (χ0v) is 10.6. The first kappa shape index (κ1) is 13.1. The smallest absolute Gasteiger partial charge is 0.224 e.